The first kappa shape index (κ1) is 15.6. The van der Waals surface area contributed by atoms with Crippen LogP contribution in [0.3, 0.4) is 0 Å². The lowest BCUT2D eigenvalue weighted by Gasteiger charge is -2.07. The van der Waals surface area contributed by atoms with Crippen LogP contribution in [0.2, 0.25) is 0 Å². The Morgan fingerprint density at radius 3 is 2.52 bits per heavy atom. The Labute approximate surface area is 135 Å². The van der Waals surface area contributed by atoms with Crippen molar-refractivity contribution in [3.05, 3.63) is 59.9 Å². The van der Waals surface area contributed by atoms with Crippen LogP contribution in [0.5, 0.6) is 0 Å². The number of pyridine rings is 1. The second-order valence-corrected chi connectivity index (χ2v) is 7.18. The minimum Gasteiger partial charge on any atom is -0.348 e. The van der Waals surface area contributed by atoms with Gasteiger partial charge in [-0.3, -0.25) is 9.78 Å². The van der Waals surface area contributed by atoms with Gasteiger partial charge in [0.2, 0.25) is 10.0 Å². The number of aromatic nitrogens is 1. The highest BCUT2D eigenvalue weighted by Gasteiger charge is 2.27. The first-order valence-corrected chi connectivity index (χ1v) is 8.82. The summed E-state index contributed by atoms with van der Waals surface area (Å²) in [5.41, 5.74) is 1.31. The number of benzene rings is 1. The molecule has 6 nitrogen and oxygen atoms in total. The van der Waals surface area contributed by atoms with Crippen LogP contribution in [0.25, 0.3) is 0 Å². The Morgan fingerprint density at radius 1 is 1.17 bits per heavy atom. The lowest BCUT2D eigenvalue weighted by molar-refractivity contribution is 0.0951. The standard InChI is InChI=1S/C16H17N3O3S/c20-16(18-11-12-2-1-9-17-10-12)13-3-7-15(8-4-13)23(21,22)19-14-5-6-14/h1-4,7-10,14,19H,5-6,11H2,(H,18,20). The Hall–Kier alpha value is -2.25. The lowest BCUT2D eigenvalue weighted by Crippen LogP contribution is -2.26. The smallest absolute Gasteiger partial charge is 0.251 e. The van der Waals surface area contributed by atoms with E-state index in [9.17, 15) is 13.2 Å². The van der Waals surface area contributed by atoms with E-state index in [1.165, 1.54) is 24.3 Å². The van der Waals surface area contributed by atoms with Crippen LogP contribution in [0.15, 0.2) is 53.7 Å². The molecule has 1 saturated carbocycles. The molecule has 1 fully saturated rings. The summed E-state index contributed by atoms with van der Waals surface area (Å²) in [6.45, 7) is 0.371. The van der Waals surface area contributed by atoms with Gasteiger partial charge in [0, 0.05) is 30.5 Å². The van der Waals surface area contributed by atoms with Crippen molar-refractivity contribution in [1.82, 2.24) is 15.0 Å². The van der Waals surface area contributed by atoms with Crippen molar-refractivity contribution in [3.8, 4) is 0 Å². The third-order valence-electron chi connectivity index (χ3n) is 3.50. The number of carbonyl (C=O) groups is 1. The first-order valence-electron chi connectivity index (χ1n) is 7.34. The van der Waals surface area contributed by atoms with Crippen LogP contribution in [0.1, 0.15) is 28.8 Å². The molecule has 1 aliphatic carbocycles. The van der Waals surface area contributed by atoms with E-state index in [2.05, 4.69) is 15.0 Å². The number of rotatable bonds is 6. The minimum absolute atomic E-state index is 0.0578. The summed E-state index contributed by atoms with van der Waals surface area (Å²) in [6, 6.07) is 9.65. The molecule has 0 spiro atoms. The average molecular weight is 331 g/mol. The molecule has 0 saturated heterocycles. The van der Waals surface area contributed by atoms with Gasteiger partial charge in [-0.05, 0) is 48.7 Å². The topological polar surface area (TPSA) is 88.2 Å². The predicted octanol–water partition coefficient (Wildman–Crippen LogP) is 1.45. The maximum absolute atomic E-state index is 12.1. The van der Waals surface area contributed by atoms with Crippen LogP contribution in [0, 0.1) is 0 Å². The van der Waals surface area contributed by atoms with Crippen molar-refractivity contribution in [2.45, 2.75) is 30.3 Å². The molecule has 1 amide bonds. The van der Waals surface area contributed by atoms with Gasteiger partial charge in [-0.25, -0.2) is 13.1 Å². The summed E-state index contributed by atoms with van der Waals surface area (Å²) in [4.78, 5) is 16.2. The van der Waals surface area contributed by atoms with Gasteiger partial charge in [-0.15, -0.1) is 0 Å². The van der Waals surface area contributed by atoms with Crippen LogP contribution < -0.4 is 10.0 Å². The number of nitrogens with zero attached hydrogens (tertiary/aromatic N) is 1. The molecular formula is C16H17N3O3S. The van der Waals surface area contributed by atoms with Gasteiger partial charge in [0.15, 0.2) is 0 Å². The van der Waals surface area contributed by atoms with Gasteiger partial charge < -0.3 is 5.32 Å². The van der Waals surface area contributed by atoms with Crippen molar-refractivity contribution >= 4 is 15.9 Å². The summed E-state index contributed by atoms with van der Waals surface area (Å²) < 4.78 is 26.7. The molecule has 0 unspecified atom stereocenters. The van der Waals surface area contributed by atoms with E-state index < -0.39 is 10.0 Å². The zero-order chi connectivity index (χ0) is 16.3. The minimum atomic E-state index is -3.48. The zero-order valence-corrected chi connectivity index (χ0v) is 13.2. The zero-order valence-electron chi connectivity index (χ0n) is 12.4. The number of hydrogen-bond acceptors (Lipinski definition) is 4. The monoisotopic (exact) mass is 331 g/mol. The summed E-state index contributed by atoms with van der Waals surface area (Å²) in [5.74, 6) is -0.257. The molecule has 1 aromatic heterocycles. The van der Waals surface area contributed by atoms with Gasteiger partial charge >= 0.3 is 0 Å². The molecule has 0 aliphatic heterocycles. The maximum Gasteiger partial charge on any atom is 0.251 e. The largest absolute Gasteiger partial charge is 0.348 e. The first-order chi connectivity index (χ1) is 11.0. The highest BCUT2D eigenvalue weighted by Crippen LogP contribution is 2.22. The van der Waals surface area contributed by atoms with Crippen LogP contribution in [-0.2, 0) is 16.6 Å². The normalized spacial score (nSPS) is 14.4. The Kier molecular flexibility index (Phi) is 4.40. The fourth-order valence-corrected chi connectivity index (χ4v) is 3.37. The van der Waals surface area contributed by atoms with Crippen LogP contribution >= 0.6 is 0 Å². The molecule has 0 radical (unpaired) electrons. The maximum atomic E-state index is 12.1. The molecule has 1 aromatic carbocycles. The van der Waals surface area contributed by atoms with E-state index in [1.807, 2.05) is 6.07 Å². The molecule has 0 atom stereocenters. The second-order valence-electron chi connectivity index (χ2n) is 5.46. The number of amides is 1. The highest BCUT2D eigenvalue weighted by molar-refractivity contribution is 7.89. The third-order valence-corrected chi connectivity index (χ3v) is 5.04. The molecule has 0 bridgehead atoms. The molecule has 2 aromatic rings. The SMILES string of the molecule is O=C(NCc1cccnc1)c1ccc(S(=O)(=O)NC2CC2)cc1. The number of carbonyl (C=O) groups excluding carboxylic acids is 1. The Bertz CT molecular complexity index is 785. The molecule has 23 heavy (non-hydrogen) atoms. The third kappa shape index (κ3) is 4.14. The van der Waals surface area contributed by atoms with Gasteiger partial charge in [-0.2, -0.15) is 0 Å². The molecular weight excluding hydrogens is 314 g/mol. The molecule has 2 N–H and O–H groups in total. The van der Waals surface area contributed by atoms with Gasteiger partial charge in [0.1, 0.15) is 0 Å². The van der Waals surface area contributed by atoms with E-state index in [1.54, 1.807) is 18.5 Å². The number of nitrogens with one attached hydrogen (secondary N) is 2. The summed E-state index contributed by atoms with van der Waals surface area (Å²) in [6.07, 6.45) is 5.11. The van der Waals surface area contributed by atoms with Gasteiger partial charge in [0.25, 0.3) is 5.91 Å². The van der Waals surface area contributed by atoms with E-state index >= 15 is 0 Å². The molecule has 120 valence electrons. The molecule has 1 heterocycles. The van der Waals surface area contributed by atoms with Gasteiger partial charge in [0.05, 0.1) is 4.90 Å². The van der Waals surface area contributed by atoms with Crippen LogP contribution in [-0.4, -0.2) is 25.4 Å². The Balaban J connectivity index is 1.63. The Morgan fingerprint density at radius 2 is 1.91 bits per heavy atom. The van der Waals surface area contributed by atoms with E-state index in [4.69, 9.17) is 0 Å². The summed E-state index contributed by atoms with van der Waals surface area (Å²) >= 11 is 0. The molecule has 7 heteroatoms. The van der Waals surface area contributed by atoms with Crippen molar-refractivity contribution in [3.63, 3.8) is 0 Å². The van der Waals surface area contributed by atoms with Crippen molar-refractivity contribution in [2.24, 2.45) is 0 Å². The summed E-state index contributed by atoms with van der Waals surface area (Å²) in [7, 11) is -3.48. The highest BCUT2D eigenvalue weighted by atomic mass is 32.2. The molecule has 1 aliphatic rings. The number of sulfonamides is 1. The van der Waals surface area contributed by atoms with E-state index in [0.717, 1.165) is 18.4 Å². The van der Waals surface area contributed by atoms with Crippen LogP contribution in [0.4, 0.5) is 0 Å². The predicted molar refractivity (Wildman–Crippen MR) is 85.2 cm³/mol. The summed E-state index contributed by atoms with van der Waals surface area (Å²) in [5, 5.41) is 2.77. The lowest BCUT2D eigenvalue weighted by atomic mass is 10.2. The fraction of sp³-hybridized carbons (Fsp3) is 0.250. The van der Waals surface area contributed by atoms with E-state index in [-0.39, 0.29) is 16.8 Å². The van der Waals surface area contributed by atoms with E-state index in [0.29, 0.717) is 12.1 Å². The van der Waals surface area contributed by atoms with Crippen molar-refractivity contribution < 1.29 is 13.2 Å². The van der Waals surface area contributed by atoms with Crippen molar-refractivity contribution in [2.75, 3.05) is 0 Å². The molecule has 3 rings (SSSR count). The average Bonchev–Trinajstić information content (AvgIpc) is 3.37. The fourth-order valence-electron chi connectivity index (χ4n) is 2.06. The second kappa shape index (κ2) is 6.47. The van der Waals surface area contributed by atoms with Gasteiger partial charge in [-0.1, -0.05) is 6.07 Å². The quantitative estimate of drug-likeness (QED) is 0.838. The van der Waals surface area contributed by atoms with Crippen molar-refractivity contribution in [1.29, 1.82) is 0 Å². The number of hydrogen-bond donors (Lipinski definition) is 2.